The number of nitrogens with zero attached hydrogens (tertiary/aromatic N) is 3. The van der Waals surface area contributed by atoms with Gasteiger partial charge < -0.3 is 9.26 Å². The summed E-state index contributed by atoms with van der Waals surface area (Å²) in [5, 5.41) is 12.7. The molecular weight excluding hydrogens is 290 g/mol. The van der Waals surface area contributed by atoms with E-state index in [-0.39, 0.29) is 6.61 Å². The van der Waals surface area contributed by atoms with Crippen molar-refractivity contribution in [1.29, 1.82) is 5.26 Å². The summed E-state index contributed by atoms with van der Waals surface area (Å²) in [6.45, 7) is 2.24. The molecule has 0 radical (unpaired) electrons. The van der Waals surface area contributed by atoms with Crippen molar-refractivity contribution in [1.82, 2.24) is 10.1 Å². The quantitative estimate of drug-likeness (QED) is 0.718. The largest absolute Gasteiger partial charge is 0.485 e. The molecule has 0 bridgehead atoms. The second kappa shape index (κ2) is 6.75. The maximum Gasteiger partial charge on any atom is 0.226 e. The molecule has 2 aromatic carbocycles. The molecule has 5 heteroatoms. The third-order valence-electron chi connectivity index (χ3n) is 3.38. The predicted octanol–water partition coefficient (Wildman–Crippen LogP) is 3.75. The lowest BCUT2D eigenvalue weighted by atomic mass is 10.0. The zero-order valence-corrected chi connectivity index (χ0v) is 12.7. The zero-order valence-electron chi connectivity index (χ0n) is 12.7. The third-order valence-corrected chi connectivity index (χ3v) is 3.38. The van der Waals surface area contributed by atoms with Gasteiger partial charge in [-0.1, -0.05) is 36.3 Å². The zero-order chi connectivity index (χ0) is 16.1. The van der Waals surface area contributed by atoms with Crippen LogP contribution in [0.3, 0.4) is 0 Å². The van der Waals surface area contributed by atoms with Gasteiger partial charge in [0.15, 0.2) is 6.61 Å². The van der Waals surface area contributed by atoms with Gasteiger partial charge in [0.1, 0.15) is 5.75 Å². The Kier molecular flexibility index (Phi) is 4.34. The van der Waals surface area contributed by atoms with Crippen LogP contribution in [0, 0.1) is 11.3 Å². The molecule has 0 saturated carbocycles. The summed E-state index contributed by atoms with van der Waals surface area (Å²) in [5.41, 5.74) is 2.77. The lowest BCUT2D eigenvalue weighted by molar-refractivity contribution is 0.285. The molecule has 3 aromatic rings. The van der Waals surface area contributed by atoms with Crippen LogP contribution < -0.4 is 4.74 Å². The molecule has 0 saturated heterocycles. The molecule has 3 rings (SSSR count). The molecule has 114 valence electrons. The van der Waals surface area contributed by atoms with Crippen LogP contribution in [0.1, 0.15) is 24.2 Å². The van der Waals surface area contributed by atoms with Gasteiger partial charge in [-0.25, -0.2) is 0 Å². The molecule has 0 N–H and O–H groups in total. The average Bonchev–Trinajstić information content (AvgIpc) is 3.09. The summed E-state index contributed by atoms with van der Waals surface area (Å²) in [4.78, 5) is 4.20. The van der Waals surface area contributed by atoms with Gasteiger partial charge in [0.25, 0.3) is 0 Å². The van der Waals surface area contributed by atoms with Crippen molar-refractivity contribution in [2.24, 2.45) is 0 Å². The van der Waals surface area contributed by atoms with Gasteiger partial charge in [0, 0.05) is 6.42 Å². The van der Waals surface area contributed by atoms with Crippen LogP contribution in [-0.4, -0.2) is 10.1 Å². The minimum atomic E-state index is 0.277. The Hall–Kier alpha value is -3.13. The number of ether oxygens (including phenoxy) is 1. The van der Waals surface area contributed by atoms with Gasteiger partial charge in [-0.3, -0.25) is 0 Å². The number of hydrogen-bond acceptors (Lipinski definition) is 5. The van der Waals surface area contributed by atoms with Crippen LogP contribution >= 0.6 is 0 Å². The predicted molar refractivity (Wildman–Crippen MR) is 84.6 cm³/mol. The Bertz CT molecular complexity index is 815. The molecule has 0 aliphatic carbocycles. The van der Waals surface area contributed by atoms with Crippen LogP contribution in [0.25, 0.3) is 11.1 Å². The molecular formula is C18H15N3O2. The highest BCUT2D eigenvalue weighted by Crippen LogP contribution is 2.23. The molecule has 1 aromatic heterocycles. The highest BCUT2D eigenvalue weighted by atomic mass is 16.5. The van der Waals surface area contributed by atoms with Crippen LogP contribution in [0.2, 0.25) is 0 Å². The standard InChI is InChI=1S/C18H15N3O2/c1-2-18-20-17(21-23-18)12-22-16-9-7-15(8-10-16)14-5-3-13(11-19)4-6-14/h3-10H,2,12H2,1H3. The van der Waals surface area contributed by atoms with E-state index in [1.165, 1.54) is 0 Å². The van der Waals surface area contributed by atoms with Gasteiger partial charge in [0.2, 0.25) is 11.7 Å². The molecule has 0 unspecified atom stereocenters. The first kappa shape index (κ1) is 14.8. The molecule has 0 aliphatic heterocycles. The summed E-state index contributed by atoms with van der Waals surface area (Å²) < 4.78 is 10.7. The maximum atomic E-state index is 8.82. The fourth-order valence-electron chi connectivity index (χ4n) is 2.12. The fraction of sp³-hybridized carbons (Fsp3) is 0.167. The van der Waals surface area contributed by atoms with Gasteiger partial charge in [-0.15, -0.1) is 0 Å². The normalized spacial score (nSPS) is 10.3. The molecule has 0 spiro atoms. The summed E-state index contributed by atoms with van der Waals surface area (Å²) in [7, 11) is 0. The first-order valence-electron chi connectivity index (χ1n) is 7.33. The maximum absolute atomic E-state index is 8.82. The van der Waals surface area contributed by atoms with E-state index in [1.807, 2.05) is 43.3 Å². The van der Waals surface area contributed by atoms with E-state index in [0.717, 1.165) is 16.9 Å². The van der Waals surface area contributed by atoms with E-state index in [4.69, 9.17) is 14.5 Å². The topological polar surface area (TPSA) is 71.9 Å². The monoisotopic (exact) mass is 305 g/mol. The average molecular weight is 305 g/mol. The van der Waals surface area contributed by atoms with Crippen molar-refractivity contribution in [3.8, 4) is 22.9 Å². The second-order valence-corrected chi connectivity index (χ2v) is 4.96. The van der Waals surface area contributed by atoms with E-state index in [2.05, 4.69) is 16.2 Å². The first-order valence-corrected chi connectivity index (χ1v) is 7.33. The number of aryl methyl sites for hydroxylation is 1. The molecule has 0 amide bonds. The van der Waals surface area contributed by atoms with Gasteiger partial charge in [-0.05, 0) is 35.4 Å². The molecule has 0 aliphatic rings. The molecule has 0 atom stereocenters. The van der Waals surface area contributed by atoms with E-state index in [1.54, 1.807) is 12.1 Å². The smallest absolute Gasteiger partial charge is 0.226 e. The number of benzene rings is 2. The Morgan fingerprint density at radius 2 is 1.70 bits per heavy atom. The molecule has 23 heavy (non-hydrogen) atoms. The minimum absolute atomic E-state index is 0.277. The SMILES string of the molecule is CCc1nc(COc2ccc(-c3ccc(C#N)cc3)cc2)no1. The summed E-state index contributed by atoms with van der Waals surface area (Å²) in [6.07, 6.45) is 0.715. The van der Waals surface area contributed by atoms with E-state index < -0.39 is 0 Å². The molecule has 5 nitrogen and oxygen atoms in total. The Morgan fingerprint density at radius 3 is 2.26 bits per heavy atom. The molecule has 1 heterocycles. The van der Waals surface area contributed by atoms with Crippen LogP contribution in [0.15, 0.2) is 53.1 Å². The van der Waals surface area contributed by atoms with Crippen molar-refractivity contribution in [3.05, 3.63) is 65.8 Å². The summed E-state index contributed by atoms with van der Waals surface area (Å²) in [5.74, 6) is 1.89. The van der Waals surface area contributed by atoms with Crippen molar-refractivity contribution in [3.63, 3.8) is 0 Å². The Labute approximate surface area is 134 Å². The Morgan fingerprint density at radius 1 is 1.04 bits per heavy atom. The lowest BCUT2D eigenvalue weighted by Crippen LogP contribution is -1.97. The number of rotatable bonds is 5. The fourth-order valence-corrected chi connectivity index (χ4v) is 2.12. The van der Waals surface area contributed by atoms with E-state index in [9.17, 15) is 0 Å². The van der Waals surface area contributed by atoms with Crippen molar-refractivity contribution in [2.75, 3.05) is 0 Å². The van der Waals surface area contributed by atoms with E-state index in [0.29, 0.717) is 23.7 Å². The third kappa shape index (κ3) is 3.55. The summed E-state index contributed by atoms with van der Waals surface area (Å²) in [6, 6.07) is 17.3. The number of hydrogen-bond donors (Lipinski definition) is 0. The minimum Gasteiger partial charge on any atom is -0.485 e. The van der Waals surface area contributed by atoms with Gasteiger partial charge >= 0.3 is 0 Å². The van der Waals surface area contributed by atoms with E-state index >= 15 is 0 Å². The Balaban J connectivity index is 1.65. The van der Waals surface area contributed by atoms with Crippen molar-refractivity contribution < 1.29 is 9.26 Å². The van der Waals surface area contributed by atoms with Crippen LogP contribution in [0.5, 0.6) is 5.75 Å². The highest BCUT2D eigenvalue weighted by molar-refractivity contribution is 5.64. The van der Waals surface area contributed by atoms with Gasteiger partial charge in [0.05, 0.1) is 11.6 Å². The van der Waals surface area contributed by atoms with Crippen molar-refractivity contribution in [2.45, 2.75) is 20.0 Å². The number of nitriles is 1. The van der Waals surface area contributed by atoms with Crippen LogP contribution in [0.4, 0.5) is 0 Å². The second-order valence-electron chi connectivity index (χ2n) is 4.96. The lowest BCUT2D eigenvalue weighted by Gasteiger charge is -2.05. The number of aromatic nitrogens is 2. The first-order chi connectivity index (χ1) is 11.3. The summed E-state index contributed by atoms with van der Waals surface area (Å²) >= 11 is 0. The van der Waals surface area contributed by atoms with Crippen LogP contribution in [-0.2, 0) is 13.0 Å². The van der Waals surface area contributed by atoms with Crippen molar-refractivity contribution >= 4 is 0 Å². The highest BCUT2D eigenvalue weighted by Gasteiger charge is 2.05. The molecule has 0 fully saturated rings. The van der Waals surface area contributed by atoms with Gasteiger partial charge in [-0.2, -0.15) is 10.2 Å².